The van der Waals surface area contributed by atoms with Gasteiger partial charge < -0.3 is 19.0 Å². The number of ether oxygens (including phenoxy) is 1. The van der Waals surface area contributed by atoms with Gasteiger partial charge in [-0.1, -0.05) is 0 Å². The molecule has 0 bridgehead atoms. The molecular weight excluding hydrogens is 282 g/mol. The molecule has 0 radical (unpaired) electrons. The highest BCUT2D eigenvalue weighted by Gasteiger charge is 2.25. The van der Waals surface area contributed by atoms with Crippen molar-refractivity contribution in [2.45, 2.75) is 6.04 Å². The fourth-order valence-corrected chi connectivity index (χ4v) is 2.81. The van der Waals surface area contributed by atoms with Gasteiger partial charge in [0.25, 0.3) is 5.91 Å². The molecule has 1 aliphatic heterocycles. The maximum absolute atomic E-state index is 12.1. The minimum absolute atomic E-state index is 0.128. The average Bonchev–Trinajstić information content (AvgIpc) is 3.21. The molecule has 1 fully saturated rings. The molecule has 1 amide bonds. The zero-order valence-corrected chi connectivity index (χ0v) is 12.7. The second kappa shape index (κ2) is 6.81. The lowest BCUT2D eigenvalue weighted by molar-refractivity contribution is 0.0147. The predicted octanol–water partition coefficient (Wildman–Crippen LogP) is 1.42. The number of amides is 1. The van der Waals surface area contributed by atoms with Crippen LogP contribution in [0.1, 0.15) is 22.3 Å². The summed E-state index contributed by atoms with van der Waals surface area (Å²) in [5, 5.41) is 2.97. The van der Waals surface area contributed by atoms with Crippen molar-refractivity contribution < 1.29 is 13.9 Å². The number of furan rings is 1. The molecule has 22 heavy (non-hydrogen) atoms. The Hall–Kier alpha value is -2.05. The highest BCUT2D eigenvalue weighted by molar-refractivity contribution is 5.91. The first-order valence-electron chi connectivity index (χ1n) is 7.50. The maximum atomic E-state index is 12.1. The summed E-state index contributed by atoms with van der Waals surface area (Å²) in [5.41, 5.74) is 1.18. The summed E-state index contributed by atoms with van der Waals surface area (Å²) < 4.78 is 12.7. The largest absolute Gasteiger partial charge is 0.459 e. The molecule has 0 saturated carbocycles. The quantitative estimate of drug-likeness (QED) is 0.907. The van der Waals surface area contributed by atoms with Crippen LogP contribution in [0.5, 0.6) is 0 Å². The van der Waals surface area contributed by atoms with Crippen LogP contribution in [0, 0.1) is 0 Å². The van der Waals surface area contributed by atoms with Crippen LogP contribution < -0.4 is 5.32 Å². The van der Waals surface area contributed by atoms with E-state index in [1.54, 1.807) is 12.1 Å². The van der Waals surface area contributed by atoms with Gasteiger partial charge in [0.15, 0.2) is 5.76 Å². The Morgan fingerprint density at radius 1 is 1.32 bits per heavy atom. The van der Waals surface area contributed by atoms with Crippen LogP contribution in [0.4, 0.5) is 0 Å². The first-order valence-corrected chi connectivity index (χ1v) is 7.50. The smallest absolute Gasteiger partial charge is 0.287 e. The van der Waals surface area contributed by atoms with Gasteiger partial charge in [-0.3, -0.25) is 9.69 Å². The number of carbonyl (C=O) groups is 1. The van der Waals surface area contributed by atoms with Crippen LogP contribution in [-0.4, -0.2) is 48.2 Å². The minimum atomic E-state index is -0.183. The number of hydrogen-bond donors (Lipinski definition) is 1. The van der Waals surface area contributed by atoms with Crippen LogP contribution in [0.25, 0.3) is 0 Å². The minimum Gasteiger partial charge on any atom is -0.459 e. The summed E-state index contributed by atoms with van der Waals surface area (Å²) in [4.78, 5) is 14.4. The number of aromatic nitrogens is 1. The van der Waals surface area contributed by atoms with E-state index in [1.807, 2.05) is 19.3 Å². The van der Waals surface area contributed by atoms with E-state index in [1.165, 1.54) is 12.0 Å². The molecule has 0 aliphatic carbocycles. The van der Waals surface area contributed by atoms with Crippen molar-refractivity contribution >= 4 is 5.91 Å². The Labute approximate surface area is 129 Å². The molecule has 1 atom stereocenters. The number of aryl methyl sites for hydroxylation is 1. The van der Waals surface area contributed by atoms with Gasteiger partial charge >= 0.3 is 0 Å². The number of rotatable bonds is 5. The Morgan fingerprint density at radius 3 is 2.77 bits per heavy atom. The average molecular weight is 303 g/mol. The van der Waals surface area contributed by atoms with E-state index in [-0.39, 0.29) is 11.9 Å². The number of morpholine rings is 1. The lowest BCUT2D eigenvalue weighted by atomic mass is 10.1. The summed E-state index contributed by atoms with van der Waals surface area (Å²) >= 11 is 0. The van der Waals surface area contributed by atoms with Gasteiger partial charge in [0.05, 0.1) is 25.5 Å². The van der Waals surface area contributed by atoms with E-state index in [2.05, 4.69) is 20.9 Å². The van der Waals surface area contributed by atoms with Crippen molar-refractivity contribution in [3.05, 3.63) is 48.2 Å². The first kappa shape index (κ1) is 14.9. The third-order valence-corrected chi connectivity index (χ3v) is 4.01. The standard InChI is InChI=1S/C16H21N3O3/c1-18-6-2-4-13(18)14(19-7-10-21-11-8-19)12-17-16(20)15-5-3-9-22-15/h2-6,9,14H,7-8,10-12H2,1H3,(H,17,20). The zero-order chi connectivity index (χ0) is 15.4. The molecule has 2 aromatic rings. The lowest BCUT2D eigenvalue weighted by Gasteiger charge is -2.34. The van der Waals surface area contributed by atoms with Crippen molar-refractivity contribution in [1.82, 2.24) is 14.8 Å². The summed E-state index contributed by atoms with van der Waals surface area (Å²) in [6.45, 7) is 3.73. The van der Waals surface area contributed by atoms with Crippen molar-refractivity contribution in [3.63, 3.8) is 0 Å². The lowest BCUT2D eigenvalue weighted by Crippen LogP contribution is -2.44. The summed E-state index contributed by atoms with van der Waals surface area (Å²) in [7, 11) is 2.02. The number of nitrogens with zero attached hydrogens (tertiary/aromatic N) is 2. The summed E-state index contributed by atoms with van der Waals surface area (Å²) in [6.07, 6.45) is 3.53. The second-order valence-corrected chi connectivity index (χ2v) is 5.40. The molecule has 0 spiro atoms. The first-order chi connectivity index (χ1) is 10.8. The highest BCUT2D eigenvalue weighted by atomic mass is 16.5. The number of nitrogens with one attached hydrogen (secondary N) is 1. The van der Waals surface area contributed by atoms with E-state index in [9.17, 15) is 4.79 Å². The van der Waals surface area contributed by atoms with Gasteiger partial charge in [0.1, 0.15) is 0 Å². The SMILES string of the molecule is Cn1cccc1C(CNC(=O)c1ccco1)N1CCOCC1. The molecule has 118 valence electrons. The summed E-state index contributed by atoms with van der Waals surface area (Å²) in [6, 6.07) is 7.63. The van der Waals surface area contributed by atoms with Crippen LogP contribution in [0.2, 0.25) is 0 Å². The maximum Gasteiger partial charge on any atom is 0.287 e. The van der Waals surface area contributed by atoms with E-state index < -0.39 is 0 Å². The number of hydrogen-bond acceptors (Lipinski definition) is 4. The molecule has 1 aliphatic rings. The van der Waals surface area contributed by atoms with Crippen LogP contribution in [0.3, 0.4) is 0 Å². The molecular formula is C16H21N3O3. The normalized spacial score (nSPS) is 17.3. The molecule has 3 rings (SSSR count). The number of carbonyl (C=O) groups excluding carboxylic acids is 1. The zero-order valence-electron chi connectivity index (χ0n) is 12.7. The molecule has 6 nitrogen and oxygen atoms in total. The van der Waals surface area contributed by atoms with E-state index >= 15 is 0 Å². The monoisotopic (exact) mass is 303 g/mol. The van der Waals surface area contributed by atoms with Gasteiger partial charge in [0.2, 0.25) is 0 Å². The molecule has 0 aromatic carbocycles. The van der Waals surface area contributed by atoms with Crippen molar-refractivity contribution in [3.8, 4) is 0 Å². The van der Waals surface area contributed by atoms with Gasteiger partial charge in [-0.05, 0) is 24.3 Å². The van der Waals surface area contributed by atoms with Gasteiger partial charge in [0, 0.05) is 38.6 Å². The third kappa shape index (κ3) is 3.23. The highest BCUT2D eigenvalue weighted by Crippen LogP contribution is 2.21. The van der Waals surface area contributed by atoms with Crippen LogP contribution in [0.15, 0.2) is 41.1 Å². The van der Waals surface area contributed by atoms with Gasteiger partial charge in [-0.25, -0.2) is 0 Å². The molecule has 1 N–H and O–H groups in total. The Morgan fingerprint density at radius 2 is 2.14 bits per heavy atom. The van der Waals surface area contributed by atoms with E-state index in [0.717, 1.165) is 26.3 Å². The van der Waals surface area contributed by atoms with E-state index in [0.29, 0.717) is 12.3 Å². The second-order valence-electron chi connectivity index (χ2n) is 5.40. The molecule has 2 aromatic heterocycles. The molecule has 3 heterocycles. The van der Waals surface area contributed by atoms with Crippen molar-refractivity contribution in [1.29, 1.82) is 0 Å². The summed E-state index contributed by atoms with van der Waals surface area (Å²) in [5.74, 6) is 0.157. The van der Waals surface area contributed by atoms with E-state index in [4.69, 9.17) is 9.15 Å². The van der Waals surface area contributed by atoms with Crippen molar-refractivity contribution in [2.24, 2.45) is 7.05 Å². The van der Waals surface area contributed by atoms with Crippen molar-refractivity contribution in [2.75, 3.05) is 32.8 Å². The topological polar surface area (TPSA) is 59.6 Å². The Balaban J connectivity index is 1.71. The fraction of sp³-hybridized carbons (Fsp3) is 0.438. The van der Waals surface area contributed by atoms with Crippen LogP contribution in [-0.2, 0) is 11.8 Å². The molecule has 6 heteroatoms. The predicted molar refractivity (Wildman–Crippen MR) is 81.6 cm³/mol. The van der Waals surface area contributed by atoms with Gasteiger partial charge in [-0.2, -0.15) is 0 Å². The molecule has 1 unspecified atom stereocenters. The third-order valence-electron chi connectivity index (χ3n) is 4.01. The fourth-order valence-electron chi connectivity index (χ4n) is 2.81. The van der Waals surface area contributed by atoms with Gasteiger partial charge in [-0.15, -0.1) is 0 Å². The Bertz CT molecular complexity index is 600. The molecule has 1 saturated heterocycles. The van der Waals surface area contributed by atoms with Crippen LogP contribution >= 0.6 is 0 Å². The Kier molecular flexibility index (Phi) is 4.60.